The summed E-state index contributed by atoms with van der Waals surface area (Å²) in [6.45, 7) is 0. The van der Waals surface area contributed by atoms with Crippen LogP contribution in [0.3, 0.4) is 0 Å². The van der Waals surface area contributed by atoms with Crippen molar-refractivity contribution in [2.75, 3.05) is 12.4 Å². The molecular weight excluding hydrogens is 315 g/mol. The molecule has 0 aromatic heterocycles. The fourth-order valence-corrected chi connectivity index (χ4v) is 1.74. The van der Waals surface area contributed by atoms with E-state index in [9.17, 15) is 18.0 Å². The number of ketones is 1. The molecule has 1 aromatic carbocycles. The smallest absolute Gasteiger partial charge is 0.417 e. The van der Waals surface area contributed by atoms with Crippen molar-refractivity contribution in [2.45, 2.75) is 6.18 Å². The first-order valence-electron chi connectivity index (χ1n) is 4.64. The van der Waals surface area contributed by atoms with Crippen molar-refractivity contribution in [3.8, 4) is 11.8 Å². The number of benzene rings is 1. The van der Waals surface area contributed by atoms with Gasteiger partial charge in [0, 0.05) is 0 Å². The van der Waals surface area contributed by atoms with Crippen molar-refractivity contribution in [1.82, 2.24) is 0 Å². The topological polar surface area (TPSA) is 50.1 Å². The van der Waals surface area contributed by atoms with Crippen LogP contribution in [-0.4, -0.2) is 18.2 Å². The van der Waals surface area contributed by atoms with Crippen LogP contribution in [0.4, 0.5) is 13.2 Å². The summed E-state index contributed by atoms with van der Waals surface area (Å²) in [6, 6.07) is 3.33. The van der Waals surface area contributed by atoms with E-state index >= 15 is 0 Å². The minimum absolute atomic E-state index is 0.0604. The molecule has 3 nitrogen and oxygen atoms in total. The average Bonchev–Trinajstić information content (AvgIpc) is 2.34. The molecule has 0 radical (unpaired) electrons. The van der Waals surface area contributed by atoms with Gasteiger partial charge in [-0.05, 0) is 12.1 Å². The minimum atomic E-state index is -4.70. The summed E-state index contributed by atoms with van der Waals surface area (Å²) in [7, 11) is 1.21. The van der Waals surface area contributed by atoms with Gasteiger partial charge in [0.1, 0.15) is 17.4 Å². The number of carbonyl (C=O) groups is 1. The fraction of sp³-hybridized carbons (Fsp3) is 0.273. The zero-order valence-corrected chi connectivity index (χ0v) is 10.7. The predicted molar refractivity (Wildman–Crippen MR) is 60.8 cm³/mol. The van der Waals surface area contributed by atoms with Gasteiger partial charge in [-0.2, -0.15) is 18.4 Å². The molecule has 0 amide bonds. The Morgan fingerprint density at radius 3 is 2.50 bits per heavy atom. The highest BCUT2D eigenvalue weighted by molar-refractivity contribution is 9.09. The zero-order valence-electron chi connectivity index (χ0n) is 9.14. The average molecular weight is 322 g/mol. The first-order valence-corrected chi connectivity index (χ1v) is 5.76. The minimum Gasteiger partial charge on any atom is -0.495 e. The Bertz CT molecular complexity index is 520. The molecule has 1 rings (SSSR count). The van der Waals surface area contributed by atoms with Crippen LogP contribution in [0.25, 0.3) is 0 Å². The van der Waals surface area contributed by atoms with Gasteiger partial charge in [0.05, 0.1) is 23.6 Å². The Labute approximate surface area is 109 Å². The number of nitriles is 1. The van der Waals surface area contributed by atoms with Crippen LogP contribution < -0.4 is 4.74 Å². The van der Waals surface area contributed by atoms with E-state index in [0.717, 1.165) is 12.1 Å². The van der Waals surface area contributed by atoms with Crippen LogP contribution in [0.1, 0.15) is 21.5 Å². The highest BCUT2D eigenvalue weighted by atomic mass is 79.9. The summed E-state index contributed by atoms with van der Waals surface area (Å²) in [5.74, 6) is -0.882. The van der Waals surface area contributed by atoms with E-state index in [-0.39, 0.29) is 11.1 Å². The summed E-state index contributed by atoms with van der Waals surface area (Å²) < 4.78 is 43.1. The Hall–Kier alpha value is -1.55. The van der Waals surface area contributed by atoms with Gasteiger partial charge in [-0.3, -0.25) is 4.79 Å². The van der Waals surface area contributed by atoms with Crippen molar-refractivity contribution in [1.29, 1.82) is 5.26 Å². The molecule has 0 atom stereocenters. The molecule has 0 N–H and O–H groups in total. The molecule has 0 bridgehead atoms. The van der Waals surface area contributed by atoms with Crippen molar-refractivity contribution in [2.24, 2.45) is 0 Å². The maximum Gasteiger partial charge on any atom is 0.417 e. The van der Waals surface area contributed by atoms with Crippen LogP contribution in [0.5, 0.6) is 5.75 Å². The van der Waals surface area contributed by atoms with Gasteiger partial charge in [-0.1, -0.05) is 15.9 Å². The second-order valence-corrected chi connectivity index (χ2v) is 3.79. The largest absolute Gasteiger partial charge is 0.495 e. The lowest BCUT2D eigenvalue weighted by molar-refractivity contribution is -0.137. The molecule has 0 aliphatic heterocycles. The monoisotopic (exact) mass is 321 g/mol. The molecule has 0 unspecified atom stereocenters. The summed E-state index contributed by atoms with van der Waals surface area (Å²) in [5, 5.41) is 8.59. The van der Waals surface area contributed by atoms with Crippen LogP contribution in [0.2, 0.25) is 0 Å². The number of halogens is 4. The maximum atomic E-state index is 12.8. The Kier molecular flexibility index (Phi) is 4.35. The second kappa shape index (κ2) is 5.40. The van der Waals surface area contributed by atoms with E-state index in [4.69, 9.17) is 10.00 Å². The molecule has 7 heteroatoms. The second-order valence-electron chi connectivity index (χ2n) is 3.23. The predicted octanol–water partition coefficient (Wildman–Crippen LogP) is 3.16. The van der Waals surface area contributed by atoms with E-state index in [1.165, 1.54) is 7.11 Å². The standard InChI is InChI=1S/C11H7BrF3NO2/c1-18-9-3-2-7(11(13,14)15)10(6(9)5-16)8(17)4-12/h2-3H,4H2,1H3. The lowest BCUT2D eigenvalue weighted by Crippen LogP contribution is -2.16. The van der Waals surface area contributed by atoms with E-state index in [0.29, 0.717) is 0 Å². The van der Waals surface area contributed by atoms with E-state index in [1.54, 1.807) is 6.07 Å². The Morgan fingerprint density at radius 1 is 1.50 bits per heavy atom. The van der Waals surface area contributed by atoms with Crippen LogP contribution in [0, 0.1) is 11.3 Å². The number of carbonyl (C=O) groups excluding carboxylic acids is 1. The van der Waals surface area contributed by atoms with Crippen molar-refractivity contribution in [3.63, 3.8) is 0 Å². The fourth-order valence-electron chi connectivity index (χ4n) is 1.46. The molecule has 0 fully saturated rings. The lowest BCUT2D eigenvalue weighted by atomic mass is 9.97. The number of methoxy groups -OCH3 is 1. The molecular formula is C11H7BrF3NO2. The summed E-state index contributed by atoms with van der Waals surface area (Å²) in [4.78, 5) is 11.6. The van der Waals surface area contributed by atoms with Gasteiger partial charge in [0.15, 0.2) is 5.78 Å². The van der Waals surface area contributed by atoms with Crippen molar-refractivity contribution >= 4 is 21.7 Å². The van der Waals surface area contributed by atoms with Gasteiger partial charge >= 0.3 is 6.18 Å². The van der Waals surface area contributed by atoms with Gasteiger partial charge in [0.2, 0.25) is 0 Å². The summed E-state index contributed by atoms with van der Waals surface area (Å²) in [5.41, 5.74) is -2.21. The molecule has 0 spiro atoms. The molecule has 96 valence electrons. The highest BCUT2D eigenvalue weighted by Gasteiger charge is 2.37. The SMILES string of the molecule is COc1ccc(C(F)(F)F)c(C(=O)CBr)c1C#N. The van der Waals surface area contributed by atoms with E-state index < -0.39 is 28.6 Å². The number of ether oxygens (including phenoxy) is 1. The first kappa shape index (κ1) is 14.5. The molecule has 0 aliphatic carbocycles. The van der Waals surface area contributed by atoms with Gasteiger partial charge in [0.25, 0.3) is 0 Å². The van der Waals surface area contributed by atoms with Crippen LogP contribution >= 0.6 is 15.9 Å². The van der Waals surface area contributed by atoms with Crippen LogP contribution in [0.15, 0.2) is 12.1 Å². The molecule has 0 saturated heterocycles. The third-order valence-corrected chi connectivity index (χ3v) is 2.71. The normalized spacial score (nSPS) is 10.9. The Balaban J connectivity index is 3.67. The quantitative estimate of drug-likeness (QED) is 0.634. The number of hydrogen-bond acceptors (Lipinski definition) is 3. The number of rotatable bonds is 3. The molecule has 0 heterocycles. The third-order valence-electron chi connectivity index (χ3n) is 2.20. The van der Waals surface area contributed by atoms with E-state index in [2.05, 4.69) is 15.9 Å². The molecule has 0 saturated carbocycles. The van der Waals surface area contributed by atoms with Crippen molar-refractivity contribution < 1.29 is 22.7 Å². The third kappa shape index (κ3) is 2.64. The van der Waals surface area contributed by atoms with Gasteiger partial charge < -0.3 is 4.74 Å². The summed E-state index contributed by atoms with van der Waals surface area (Å²) in [6.07, 6.45) is -4.70. The van der Waals surface area contributed by atoms with Crippen LogP contribution in [-0.2, 0) is 6.18 Å². The van der Waals surface area contributed by atoms with Crippen molar-refractivity contribution in [3.05, 3.63) is 28.8 Å². The summed E-state index contributed by atoms with van der Waals surface area (Å²) >= 11 is 2.80. The first-order chi connectivity index (χ1) is 8.36. The van der Waals surface area contributed by atoms with E-state index in [1.807, 2.05) is 0 Å². The molecule has 18 heavy (non-hydrogen) atoms. The number of hydrogen-bond donors (Lipinski definition) is 0. The molecule has 1 aromatic rings. The lowest BCUT2D eigenvalue weighted by Gasteiger charge is -2.14. The number of Topliss-reactive ketones (excluding diaryl/α,β-unsaturated/α-hetero) is 1. The zero-order chi connectivity index (χ0) is 13.9. The number of nitrogens with zero attached hydrogens (tertiary/aromatic N) is 1. The van der Waals surface area contributed by atoms with Gasteiger partial charge in [-0.25, -0.2) is 0 Å². The maximum absolute atomic E-state index is 12.8. The Morgan fingerprint density at radius 2 is 2.11 bits per heavy atom. The number of alkyl halides is 4. The highest BCUT2D eigenvalue weighted by Crippen LogP contribution is 2.36. The molecule has 0 aliphatic rings. The van der Waals surface area contributed by atoms with Gasteiger partial charge in [-0.15, -0.1) is 0 Å².